The second-order valence-corrected chi connectivity index (χ2v) is 6.18. The molecule has 116 valence electrons. The lowest BCUT2D eigenvalue weighted by molar-refractivity contribution is -0.135. The number of nitrogens with zero attached hydrogens (tertiary/aromatic N) is 1. The Morgan fingerprint density at radius 3 is 2.38 bits per heavy atom. The van der Waals surface area contributed by atoms with Gasteiger partial charge in [0.05, 0.1) is 5.92 Å². The fourth-order valence-corrected chi connectivity index (χ4v) is 3.23. The van der Waals surface area contributed by atoms with E-state index in [1.54, 1.807) is 0 Å². The van der Waals surface area contributed by atoms with Crippen molar-refractivity contribution in [3.05, 3.63) is 34.9 Å². The summed E-state index contributed by atoms with van der Waals surface area (Å²) in [6.45, 7) is 7.60. The Kier molecular flexibility index (Phi) is 6.07. The Labute approximate surface area is 132 Å². The smallest absolute Gasteiger partial charge is 0.227 e. The van der Waals surface area contributed by atoms with Gasteiger partial charge in [0.2, 0.25) is 5.91 Å². The van der Waals surface area contributed by atoms with E-state index in [-0.39, 0.29) is 11.8 Å². The van der Waals surface area contributed by atoms with E-state index >= 15 is 0 Å². The zero-order valence-corrected chi connectivity index (χ0v) is 13.7. The van der Waals surface area contributed by atoms with E-state index in [4.69, 9.17) is 11.6 Å². The van der Waals surface area contributed by atoms with Crippen LogP contribution in [0.1, 0.15) is 38.2 Å². The third-order valence-corrected chi connectivity index (χ3v) is 4.38. The maximum absolute atomic E-state index is 12.8. The van der Waals surface area contributed by atoms with E-state index in [0.29, 0.717) is 5.91 Å². The van der Waals surface area contributed by atoms with Crippen molar-refractivity contribution < 1.29 is 4.79 Å². The monoisotopic (exact) mass is 308 g/mol. The van der Waals surface area contributed by atoms with E-state index in [1.807, 2.05) is 29.2 Å². The van der Waals surface area contributed by atoms with Gasteiger partial charge in [0, 0.05) is 37.1 Å². The molecule has 3 nitrogen and oxygen atoms in total. The Hall–Kier alpha value is -1.06. The molecule has 1 aromatic carbocycles. The molecule has 1 aliphatic rings. The van der Waals surface area contributed by atoms with Crippen molar-refractivity contribution in [3.8, 4) is 0 Å². The second-order valence-electron chi connectivity index (χ2n) is 5.75. The molecule has 1 fully saturated rings. The lowest BCUT2D eigenvalue weighted by Gasteiger charge is -2.27. The van der Waals surface area contributed by atoms with Gasteiger partial charge in [0.15, 0.2) is 0 Å². The van der Waals surface area contributed by atoms with Crippen LogP contribution >= 0.6 is 11.6 Å². The predicted molar refractivity (Wildman–Crippen MR) is 87.7 cm³/mol. The molecule has 1 aromatic rings. The van der Waals surface area contributed by atoms with E-state index in [2.05, 4.69) is 19.2 Å². The van der Waals surface area contributed by atoms with Crippen LogP contribution in [0.25, 0.3) is 0 Å². The number of hydrogen-bond acceptors (Lipinski definition) is 2. The summed E-state index contributed by atoms with van der Waals surface area (Å²) in [4.78, 5) is 14.9. The van der Waals surface area contributed by atoms with Crippen molar-refractivity contribution in [1.29, 1.82) is 0 Å². The summed E-state index contributed by atoms with van der Waals surface area (Å²) in [6.07, 6.45) is 2.02. The number of rotatable bonds is 6. The first-order valence-corrected chi connectivity index (χ1v) is 8.30. The Bertz CT molecular complexity index is 454. The van der Waals surface area contributed by atoms with Gasteiger partial charge in [-0.1, -0.05) is 37.6 Å². The number of benzene rings is 1. The number of carbonyl (C=O) groups is 1. The number of nitrogens with one attached hydrogen (secondary N) is 1. The molecular weight excluding hydrogens is 284 g/mol. The third-order valence-electron chi connectivity index (χ3n) is 4.13. The van der Waals surface area contributed by atoms with Crippen LogP contribution in [0.2, 0.25) is 5.02 Å². The average Bonchev–Trinajstić information content (AvgIpc) is 2.96. The van der Waals surface area contributed by atoms with E-state index in [9.17, 15) is 4.79 Å². The second kappa shape index (κ2) is 7.81. The molecule has 1 saturated heterocycles. The Morgan fingerprint density at radius 2 is 1.81 bits per heavy atom. The summed E-state index contributed by atoms with van der Waals surface area (Å²) in [5.74, 6) is 0.596. The molecule has 1 heterocycles. The maximum atomic E-state index is 12.8. The van der Waals surface area contributed by atoms with E-state index in [1.165, 1.54) is 5.56 Å². The minimum Gasteiger partial charge on any atom is -0.342 e. The van der Waals surface area contributed by atoms with Crippen molar-refractivity contribution in [1.82, 2.24) is 10.2 Å². The molecule has 1 aliphatic heterocycles. The third kappa shape index (κ3) is 3.98. The molecule has 2 rings (SSSR count). The van der Waals surface area contributed by atoms with Crippen molar-refractivity contribution in [2.45, 2.75) is 32.6 Å². The molecule has 0 spiro atoms. The standard InChI is InChI=1S/C17H25ClN2O/c1-3-9-20(10-4-2)17(21)16-12-19-11-15(16)13-5-7-14(18)8-6-13/h5-8,15-16,19H,3-4,9-12H2,1-2H3/t15-,16+/m1/s1. The highest BCUT2D eigenvalue weighted by atomic mass is 35.5. The quantitative estimate of drug-likeness (QED) is 0.874. The fourth-order valence-electron chi connectivity index (χ4n) is 3.10. The Morgan fingerprint density at radius 1 is 1.19 bits per heavy atom. The normalized spacial score (nSPS) is 21.5. The first kappa shape index (κ1) is 16.3. The van der Waals surface area contributed by atoms with Gasteiger partial charge in [0.1, 0.15) is 0 Å². The zero-order valence-electron chi connectivity index (χ0n) is 12.9. The lowest BCUT2D eigenvalue weighted by atomic mass is 9.88. The molecule has 1 N–H and O–H groups in total. The van der Waals surface area contributed by atoms with Crippen molar-refractivity contribution in [3.63, 3.8) is 0 Å². The summed E-state index contributed by atoms with van der Waals surface area (Å²) in [6, 6.07) is 7.91. The molecule has 1 amide bonds. The first-order chi connectivity index (χ1) is 10.2. The minimum atomic E-state index is 0.0456. The number of halogens is 1. The number of carbonyl (C=O) groups excluding carboxylic acids is 1. The van der Waals surface area contributed by atoms with Crippen LogP contribution in [0.5, 0.6) is 0 Å². The van der Waals surface area contributed by atoms with Crippen molar-refractivity contribution in [2.24, 2.45) is 5.92 Å². The zero-order chi connectivity index (χ0) is 15.2. The molecule has 0 aromatic heterocycles. The van der Waals surface area contributed by atoms with Crippen LogP contribution in [0.4, 0.5) is 0 Å². The van der Waals surface area contributed by atoms with Gasteiger partial charge < -0.3 is 10.2 Å². The molecule has 0 radical (unpaired) electrons. The van der Waals surface area contributed by atoms with E-state index in [0.717, 1.165) is 44.0 Å². The molecule has 2 atom stereocenters. The van der Waals surface area contributed by atoms with Crippen LogP contribution in [-0.2, 0) is 4.79 Å². The number of hydrogen-bond donors (Lipinski definition) is 1. The topological polar surface area (TPSA) is 32.3 Å². The lowest BCUT2D eigenvalue weighted by Crippen LogP contribution is -2.39. The summed E-state index contributed by atoms with van der Waals surface area (Å²) in [5.41, 5.74) is 1.20. The minimum absolute atomic E-state index is 0.0456. The molecule has 0 aliphatic carbocycles. The highest BCUT2D eigenvalue weighted by Gasteiger charge is 2.35. The van der Waals surface area contributed by atoms with Gasteiger partial charge in [-0.15, -0.1) is 0 Å². The van der Waals surface area contributed by atoms with Crippen LogP contribution < -0.4 is 5.32 Å². The summed E-state index contributed by atoms with van der Waals surface area (Å²) in [5, 5.41) is 4.12. The van der Waals surface area contributed by atoms with Gasteiger partial charge in [0.25, 0.3) is 0 Å². The van der Waals surface area contributed by atoms with Crippen LogP contribution in [0, 0.1) is 5.92 Å². The molecule has 21 heavy (non-hydrogen) atoms. The van der Waals surface area contributed by atoms with Crippen LogP contribution in [0.15, 0.2) is 24.3 Å². The summed E-state index contributed by atoms with van der Waals surface area (Å²) >= 11 is 5.96. The number of amides is 1. The average molecular weight is 309 g/mol. The van der Waals surface area contributed by atoms with Gasteiger partial charge >= 0.3 is 0 Å². The van der Waals surface area contributed by atoms with Gasteiger partial charge in [-0.2, -0.15) is 0 Å². The molecule has 0 bridgehead atoms. The van der Waals surface area contributed by atoms with Gasteiger partial charge in [-0.05, 0) is 30.5 Å². The van der Waals surface area contributed by atoms with Crippen LogP contribution in [0.3, 0.4) is 0 Å². The summed E-state index contributed by atoms with van der Waals surface area (Å²) < 4.78 is 0. The molecular formula is C17H25ClN2O. The molecule has 4 heteroatoms. The SMILES string of the molecule is CCCN(CCC)C(=O)[C@H]1CNC[C@@H]1c1ccc(Cl)cc1. The van der Waals surface area contributed by atoms with Crippen molar-refractivity contribution in [2.75, 3.05) is 26.2 Å². The summed E-state index contributed by atoms with van der Waals surface area (Å²) in [7, 11) is 0. The predicted octanol–water partition coefficient (Wildman–Crippen LogP) is 3.29. The van der Waals surface area contributed by atoms with Crippen molar-refractivity contribution >= 4 is 17.5 Å². The van der Waals surface area contributed by atoms with E-state index < -0.39 is 0 Å². The highest BCUT2D eigenvalue weighted by molar-refractivity contribution is 6.30. The Balaban J connectivity index is 2.13. The van der Waals surface area contributed by atoms with Gasteiger partial charge in [-0.25, -0.2) is 0 Å². The highest BCUT2D eigenvalue weighted by Crippen LogP contribution is 2.30. The fraction of sp³-hybridized carbons (Fsp3) is 0.588. The van der Waals surface area contributed by atoms with Gasteiger partial charge in [-0.3, -0.25) is 4.79 Å². The maximum Gasteiger partial charge on any atom is 0.227 e. The first-order valence-electron chi connectivity index (χ1n) is 7.92. The largest absolute Gasteiger partial charge is 0.342 e. The van der Waals surface area contributed by atoms with Crippen LogP contribution in [-0.4, -0.2) is 37.0 Å². The molecule has 0 unspecified atom stereocenters. The molecule has 0 saturated carbocycles.